The zero-order valence-electron chi connectivity index (χ0n) is 14.9. The molecule has 0 saturated heterocycles. The summed E-state index contributed by atoms with van der Waals surface area (Å²) in [6.07, 6.45) is 5.78. The zero-order valence-corrected chi connectivity index (χ0v) is 15.9. The maximum atomic E-state index is 5.78. The van der Waals surface area contributed by atoms with Gasteiger partial charge in [-0.2, -0.15) is 0 Å². The predicted octanol–water partition coefficient (Wildman–Crippen LogP) is 3.03. The Kier molecular flexibility index (Phi) is 3.60. The molecule has 4 aromatic carbocycles. The molecule has 0 nitrogen and oxygen atoms in total. The lowest BCUT2D eigenvalue weighted by Gasteiger charge is -2.31. The summed E-state index contributed by atoms with van der Waals surface area (Å²) in [6, 6.07) is 37.3. The van der Waals surface area contributed by atoms with E-state index in [1.54, 1.807) is 0 Å². The minimum Gasteiger partial charge on any atom is -0.115 e. The molecule has 1 heteroatoms. The van der Waals surface area contributed by atoms with Crippen LogP contribution in [0, 0.1) is 12.3 Å². The number of rotatable bonds is 2. The smallest absolute Gasteiger partial charge is 0.115 e. The highest BCUT2D eigenvalue weighted by Crippen LogP contribution is 2.28. The van der Waals surface area contributed by atoms with E-state index in [4.69, 9.17) is 6.42 Å². The van der Waals surface area contributed by atoms with Crippen LogP contribution in [-0.2, 0) is 0 Å². The average Bonchev–Trinajstić information content (AvgIpc) is 3.05. The predicted molar refractivity (Wildman–Crippen MR) is 117 cm³/mol. The SMILES string of the molecule is C#Cc1ccc2c(c1)[Si](c1ccccc1)(c1ccccc1)c1ccccc1-2. The first-order valence-electron chi connectivity index (χ1n) is 9.18. The molecule has 0 aromatic heterocycles. The van der Waals surface area contributed by atoms with E-state index in [0.29, 0.717) is 0 Å². The molecule has 4 aromatic rings. The molecular formula is C26H18Si. The third-order valence-electron chi connectivity index (χ3n) is 5.63. The van der Waals surface area contributed by atoms with Gasteiger partial charge in [0.1, 0.15) is 0 Å². The van der Waals surface area contributed by atoms with E-state index in [-0.39, 0.29) is 0 Å². The van der Waals surface area contributed by atoms with Crippen LogP contribution in [0.2, 0.25) is 0 Å². The average molecular weight is 359 g/mol. The van der Waals surface area contributed by atoms with Crippen LogP contribution < -0.4 is 20.7 Å². The maximum absolute atomic E-state index is 5.78. The summed E-state index contributed by atoms with van der Waals surface area (Å²) in [5.74, 6) is 2.85. The highest BCUT2D eigenvalue weighted by molar-refractivity contribution is 7.22. The van der Waals surface area contributed by atoms with Crippen molar-refractivity contribution in [2.45, 2.75) is 0 Å². The summed E-state index contributed by atoms with van der Waals surface area (Å²) < 4.78 is 0. The highest BCUT2D eigenvalue weighted by Gasteiger charge is 2.48. The van der Waals surface area contributed by atoms with Crippen molar-refractivity contribution in [2.24, 2.45) is 0 Å². The normalized spacial score (nSPS) is 13.4. The third-order valence-corrected chi connectivity index (χ3v) is 10.5. The van der Waals surface area contributed by atoms with Gasteiger partial charge in [-0.25, -0.2) is 0 Å². The van der Waals surface area contributed by atoms with Crippen molar-refractivity contribution in [3.05, 3.63) is 109 Å². The van der Waals surface area contributed by atoms with E-state index in [2.05, 4.69) is 109 Å². The summed E-state index contributed by atoms with van der Waals surface area (Å²) >= 11 is 0. The molecular weight excluding hydrogens is 340 g/mol. The summed E-state index contributed by atoms with van der Waals surface area (Å²) in [7, 11) is -2.37. The minimum absolute atomic E-state index is 0.949. The summed E-state index contributed by atoms with van der Waals surface area (Å²) in [5, 5.41) is 5.65. The Labute approximate surface area is 161 Å². The fraction of sp³-hybridized carbons (Fsp3) is 0. The van der Waals surface area contributed by atoms with Gasteiger partial charge in [0.15, 0.2) is 8.07 Å². The van der Waals surface area contributed by atoms with Crippen LogP contribution in [0.1, 0.15) is 5.56 Å². The van der Waals surface area contributed by atoms with E-state index < -0.39 is 8.07 Å². The van der Waals surface area contributed by atoms with Crippen molar-refractivity contribution in [1.29, 1.82) is 0 Å². The largest absolute Gasteiger partial charge is 0.180 e. The molecule has 0 bridgehead atoms. The second-order valence-electron chi connectivity index (χ2n) is 6.93. The van der Waals surface area contributed by atoms with Gasteiger partial charge in [0, 0.05) is 5.56 Å². The van der Waals surface area contributed by atoms with E-state index in [9.17, 15) is 0 Å². The van der Waals surface area contributed by atoms with Crippen molar-refractivity contribution in [3.63, 3.8) is 0 Å². The minimum atomic E-state index is -2.37. The first kappa shape index (κ1) is 15.9. The van der Waals surface area contributed by atoms with E-state index in [1.807, 2.05) is 0 Å². The Hall–Kier alpha value is -3.34. The standard InChI is InChI=1S/C26H18Si/c1-2-20-17-18-24-23-15-9-10-16-25(23)27(26(24)19-20,21-11-5-3-6-12-21)22-13-7-4-8-14-22/h1,3-19H. The van der Waals surface area contributed by atoms with Crippen LogP contribution >= 0.6 is 0 Å². The highest BCUT2D eigenvalue weighted by atomic mass is 28.3. The molecule has 0 N–H and O–H groups in total. The number of hydrogen-bond donors (Lipinski definition) is 0. The van der Waals surface area contributed by atoms with Crippen LogP contribution in [0.4, 0.5) is 0 Å². The van der Waals surface area contributed by atoms with Crippen LogP contribution in [-0.4, -0.2) is 8.07 Å². The molecule has 1 heterocycles. The Balaban J connectivity index is 1.99. The van der Waals surface area contributed by atoms with Gasteiger partial charge < -0.3 is 0 Å². The van der Waals surface area contributed by atoms with Crippen LogP contribution in [0.15, 0.2) is 103 Å². The Morgan fingerprint density at radius 2 is 1.11 bits per heavy atom. The topological polar surface area (TPSA) is 0 Å². The molecule has 0 atom stereocenters. The lowest BCUT2D eigenvalue weighted by atomic mass is 10.0. The molecule has 27 heavy (non-hydrogen) atoms. The first-order chi connectivity index (χ1) is 13.4. The fourth-order valence-corrected chi connectivity index (χ4v) is 9.75. The monoisotopic (exact) mass is 358 g/mol. The third kappa shape index (κ3) is 2.18. The van der Waals surface area contributed by atoms with Gasteiger partial charge in [0.25, 0.3) is 0 Å². The van der Waals surface area contributed by atoms with Crippen molar-refractivity contribution in [2.75, 3.05) is 0 Å². The van der Waals surface area contributed by atoms with E-state index in [0.717, 1.165) is 5.56 Å². The Bertz CT molecular complexity index is 1130. The molecule has 0 saturated carbocycles. The van der Waals surface area contributed by atoms with Crippen LogP contribution in [0.3, 0.4) is 0 Å². The molecule has 0 radical (unpaired) electrons. The summed E-state index contributed by atoms with van der Waals surface area (Å²) in [5.41, 5.74) is 3.62. The lowest BCUT2D eigenvalue weighted by molar-refractivity contribution is 1.67. The van der Waals surface area contributed by atoms with Crippen LogP contribution in [0.25, 0.3) is 11.1 Å². The molecule has 1 aliphatic heterocycles. The molecule has 1 aliphatic rings. The summed E-state index contributed by atoms with van der Waals surface area (Å²) in [4.78, 5) is 0. The second kappa shape index (κ2) is 6.12. The molecule has 0 unspecified atom stereocenters. The van der Waals surface area contributed by atoms with Gasteiger partial charge >= 0.3 is 0 Å². The van der Waals surface area contributed by atoms with Crippen molar-refractivity contribution < 1.29 is 0 Å². The zero-order chi connectivity index (χ0) is 18.3. The lowest BCUT2D eigenvalue weighted by Crippen LogP contribution is -2.72. The van der Waals surface area contributed by atoms with E-state index in [1.165, 1.54) is 31.9 Å². The van der Waals surface area contributed by atoms with Crippen molar-refractivity contribution in [3.8, 4) is 23.5 Å². The van der Waals surface area contributed by atoms with Crippen molar-refractivity contribution in [1.82, 2.24) is 0 Å². The van der Waals surface area contributed by atoms with Gasteiger partial charge in [0.05, 0.1) is 0 Å². The fourth-order valence-electron chi connectivity index (χ4n) is 4.53. The van der Waals surface area contributed by atoms with Gasteiger partial charge in [-0.05, 0) is 44.0 Å². The molecule has 0 amide bonds. The number of hydrogen-bond acceptors (Lipinski definition) is 0. The van der Waals surface area contributed by atoms with Crippen LogP contribution in [0.5, 0.6) is 0 Å². The van der Waals surface area contributed by atoms with Gasteiger partial charge in [0.2, 0.25) is 0 Å². The number of benzene rings is 4. The number of fused-ring (bicyclic) bond motifs is 3. The summed E-state index contributed by atoms with van der Waals surface area (Å²) in [6.45, 7) is 0. The van der Waals surface area contributed by atoms with Crippen molar-refractivity contribution >= 4 is 28.8 Å². The first-order valence-corrected chi connectivity index (χ1v) is 11.2. The molecule has 0 aliphatic carbocycles. The van der Waals surface area contributed by atoms with Gasteiger partial charge in [-0.3, -0.25) is 0 Å². The quantitative estimate of drug-likeness (QED) is 0.336. The van der Waals surface area contributed by atoms with E-state index >= 15 is 0 Å². The van der Waals surface area contributed by atoms with Gasteiger partial charge in [-0.1, -0.05) is 96.9 Å². The van der Waals surface area contributed by atoms with Gasteiger partial charge in [-0.15, -0.1) is 6.42 Å². The second-order valence-corrected chi connectivity index (χ2v) is 10.7. The molecule has 126 valence electrons. The Morgan fingerprint density at radius 1 is 0.556 bits per heavy atom. The molecule has 5 rings (SSSR count). The Morgan fingerprint density at radius 3 is 1.74 bits per heavy atom. The maximum Gasteiger partial charge on any atom is 0.180 e. The molecule has 0 fully saturated rings. The number of terminal acetylenes is 1. The molecule has 0 spiro atoms.